The largest absolute Gasteiger partial charge is 0.466 e. The monoisotopic (exact) mass is 428 g/mol. The van der Waals surface area contributed by atoms with E-state index in [-0.39, 0.29) is 29.5 Å². The highest BCUT2D eigenvalue weighted by atomic mass is 16.6. The van der Waals surface area contributed by atoms with Crippen LogP contribution in [0.15, 0.2) is 51.6 Å². The number of aromatic nitrogens is 3. The van der Waals surface area contributed by atoms with Crippen molar-refractivity contribution >= 4 is 17.9 Å². The number of ether oxygens (including phenoxy) is 3. The van der Waals surface area contributed by atoms with Gasteiger partial charge in [-0.1, -0.05) is 5.16 Å². The second-order valence-corrected chi connectivity index (χ2v) is 6.48. The van der Waals surface area contributed by atoms with Crippen LogP contribution in [0, 0.1) is 5.92 Å². The van der Waals surface area contributed by atoms with Gasteiger partial charge in [0.1, 0.15) is 5.92 Å². The Hall–Kier alpha value is -4.02. The van der Waals surface area contributed by atoms with Crippen molar-refractivity contribution < 1.29 is 33.1 Å². The molecule has 11 heteroatoms. The summed E-state index contributed by atoms with van der Waals surface area (Å²) in [6.07, 6.45) is 3.16. The molecule has 0 aromatic carbocycles. The number of carbonyl (C=O) groups excluding carboxylic acids is 3. The van der Waals surface area contributed by atoms with Gasteiger partial charge in [-0.25, -0.2) is 9.59 Å². The number of allylic oxidation sites excluding steroid dienone is 2. The third-order valence-electron chi connectivity index (χ3n) is 4.53. The predicted molar refractivity (Wildman–Crippen MR) is 103 cm³/mol. The van der Waals surface area contributed by atoms with Crippen molar-refractivity contribution in [3.63, 3.8) is 0 Å². The maximum atomic E-state index is 13.0. The van der Waals surface area contributed by atoms with Crippen LogP contribution in [0.3, 0.4) is 0 Å². The number of pyridine rings is 1. The first-order valence-corrected chi connectivity index (χ1v) is 9.12. The number of methoxy groups -OCH3 is 2. The summed E-state index contributed by atoms with van der Waals surface area (Å²) in [4.78, 5) is 45.8. The molecule has 0 saturated carbocycles. The smallest absolute Gasteiger partial charge is 0.336 e. The van der Waals surface area contributed by atoms with Gasteiger partial charge in [-0.05, 0) is 26.0 Å². The molecule has 0 aliphatic carbocycles. The van der Waals surface area contributed by atoms with Gasteiger partial charge in [-0.3, -0.25) is 9.78 Å². The lowest BCUT2D eigenvalue weighted by atomic mass is 9.85. The van der Waals surface area contributed by atoms with E-state index >= 15 is 0 Å². The summed E-state index contributed by atoms with van der Waals surface area (Å²) in [5, 5.41) is 6.71. The molecule has 1 N–H and O–H groups in total. The summed E-state index contributed by atoms with van der Waals surface area (Å²) >= 11 is 0. The number of esters is 3. The molecular weight excluding hydrogens is 408 g/mol. The van der Waals surface area contributed by atoms with E-state index in [1.54, 1.807) is 38.4 Å². The van der Waals surface area contributed by atoms with Crippen molar-refractivity contribution in [2.45, 2.75) is 20.5 Å². The average Bonchev–Trinajstić information content (AvgIpc) is 3.25. The summed E-state index contributed by atoms with van der Waals surface area (Å²) in [5.74, 6) is -3.47. The Kier molecular flexibility index (Phi) is 6.43. The number of nitrogens with zero attached hydrogens (tertiary/aromatic N) is 3. The third kappa shape index (κ3) is 4.44. The molecule has 0 amide bonds. The molecule has 0 atom stereocenters. The van der Waals surface area contributed by atoms with E-state index in [1.807, 2.05) is 0 Å². The van der Waals surface area contributed by atoms with E-state index in [9.17, 15) is 14.4 Å². The fourth-order valence-electron chi connectivity index (χ4n) is 3.13. The molecule has 11 nitrogen and oxygen atoms in total. The number of nitrogens with one attached hydrogen (secondary N) is 1. The van der Waals surface area contributed by atoms with Gasteiger partial charge in [0, 0.05) is 29.4 Å². The first-order valence-electron chi connectivity index (χ1n) is 9.12. The van der Waals surface area contributed by atoms with E-state index < -0.39 is 23.8 Å². The maximum Gasteiger partial charge on any atom is 0.336 e. The number of dihydropyridines is 1. The van der Waals surface area contributed by atoms with Gasteiger partial charge in [0.2, 0.25) is 5.82 Å². The van der Waals surface area contributed by atoms with E-state index in [2.05, 4.69) is 20.4 Å². The van der Waals surface area contributed by atoms with E-state index in [0.29, 0.717) is 17.0 Å². The van der Waals surface area contributed by atoms with Crippen molar-refractivity contribution in [1.82, 2.24) is 20.4 Å². The molecule has 0 spiro atoms. The average molecular weight is 428 g/mol. The second-order valence-electron chi connectivity index (χ2n) is 6.48. The predicted octanol–water partition coefficient (Wildman–Crippen LogP) is 1.29. The molecule has 1 aliphatic heterocycles. The van der Waals surface area contributed by atoms with Gasteiger partial charge in [0.25, 0.3) is 5.89 Å². The zero-order valence-electron chi connectivity index (χ0n) is 17.3. The highest BCUT2D eigenvalue weighted by Gasteiger charge is 2.42. The minimum absolute atomic E-state index is 0.0294. The van der Waals surface area contributed by atoms with Crippen LogP contribution in [0.5, 0.6) is 0 Å². The molecule has 0 saturated heterocycles. The fourth-order valence-corrected chi connectivity index (χ4v) is 3.13. The van der Waals surface area contributed by atoms with Crippen LogP contribution in [0.25, 0.3) is 11.4 Å². The molecule has 1 aliphatic rings. The standard InChI is InChI=1S/C20H20N4O7/c1-10-14(18(25)28-3)16(15(11(2)22-10)19(26)29-4)20(27)30-9-13-23-17(24-31-13)12-6-5-7-21-8-12/h5-8,16,22H,9H2,1-4H3. The van der Waals surface area contributed by atoms with Gasteiger partial charge in [-0.15, -0.1) is 0 Å². The molecule has 2 aromatic heterocycles. The number of rotatable bonds is 6. The van der Waals surface area contributed by atoms with Gasteiger partial charge in [0.15, 0.2) is 6.61 Å². The lowest BCUT2D eigenvalue weighted by Crippen LogP contribution is -2.37. The third-order valence-corrected chi connectivity index (χ3v) is 4.53. The van der Waals surface area contributed by atoms with Gasteiger partial charge < -0.3 is 24.1 Å². The SMILES string of the molecule is COC(=O)C1=C(C)NC(C)=C(C(=O)OC)C1C(=O)OCc1nc(-c2cccnc2)no1. The molecule has 0 radical (unpaired) electrons. The van der Waals surface area contributed by atoms with Crippen LogP contribution in [0.2, 0.25) is 0 Å². The summed E-state index contributed by atoms with van der Waals surface area (Å²) in [6.45, 7) is 2.81. The van der Waals surface area contributed by atoms with Gasteiger partial charge >= 0.3 is 17.9 Å². The topological polar surface area (TPSA) is 143 Å². The van der Waals surface area contributed by atoms with Crippen LogP contribution >= 0.6 is 0 Å². The van der Waals surface area contributed by atoms with E-state index in [0.717, 1.165) is 0 Å². The molecule has 162 valence electrons. The Labute approximate surface area is 177 Å². The zero-order chi connectivity index (χ0) is 22.5. The Morgan fingerprint density at radius 2 is 1.74 bits per heavy atom. The van der Waals surface area contributed by atoms with Crippen molar-refractivity contribution in [2.24, 2.45) is 5.92 Å². The van der Waals surface area contributed by atoms with Crippen LogP contribution in [-0.2, 0) is 35.2 Å². The quantitative estimate of drug-likeness (QED) is 0.525. The van der Waals surface area contributed by atoms with Crippen LogP contribution in [0.1, 0.15) is 19.7 Å². The molecule has 3 heterocycles. The maximum absolute atomic E-state index is 13.0. The van der Waals surface area contributed by atoms with Crippen molar-refractivity contribution in [3.05, 3.63) is 53.0 Å². The number of hydrogen-bond donors (Lipinski definition) is 1. The lowest BCUT2D eigenvalue weighted by Gasteiger charge is -2.28. The molecule has 3 rings (SSSR count). The van der Waals surface area contributed by atoms with Crippen LogP contribution < -0.4 is 5.32 Å². The first kappa shape index (κ1) is 21.7. The summed E-state index contributed by atoms with van der Waals surface area (Å²) in [5.41, 5.74) is 1.23. The Morgan fingerprint density at radius 1 is 1.10 bits per heavy atom. The van der Waals surface area contributed by atoms with Crippen molar-refractivity contribution in [1.29, 1.82) is 0 Å². The molecule has 2 aromatic rings. The van der Waals surface area contributed by atoms with Crippen molar-refractivity contribution in [2.75, 3.05) is 14.2 Å². The van der Waals surface area contributed by atoms with Gasteiger partial charge in [0.05, 0.1) is 25.4 Å². The molecule has 0 bridgehead atoms. The minimum Gasteiger partial charge on any atom is -0.466 e. The highest BCUT2D eigenvalue weighted by molar-refractivity contribution is 6.05. The number of hydrogen-bond acceptors (Lipinski definition) is 11. The summed E-state index contributed by atoms with van der Waals surface area (Å²) in [7, 11) is 2.35. The molecule has 0 unspecified atom stereocenters. The zero-order valence-corrected chi connectivity index (χ0v) is 17.3. The van der Waals surface area contributed by atoms with E-state index in [4.69, 9.17) is 18.7 Å². The normalized spacial score (nSPS) is 14.2. The summed E-state index contributed by atoms with van der Waals surface area (Å²) < 4.78 is 20.0. The fraction of sp³-hybridized carbons (Fsp3) is 0.300. The van der Waals surface area contributed by atoms with Crippen LogP contribution in [-0.4, -0.2) is 47.3 Å². The first-order chi connectivity index (χ1) is 14.9. The van der Waals surface area contributed by atoms with Gasteiger partial charge in [-0.2, -0.15) is 4.98 Å². The minimum atomic E-state index is -1.35. The second kappa shape index (κ2) is 9.20. The molecule has 31 heavy (non-hydrogen) atoms. The molecule has 0 fully saturated rings. The van der Waals surface area contributed by atoms with Crippen molar-refractivity contribution in [3.8, 4) is 11.4 Å². The number of carbonyl (C=O) groups is 3. The Balaban J connectivity index is 1.84. The Bertz CT molecular complexity index is 1030. The van der Waals surface area contributed by atoms with E-state index in [1.165, 1.54) is 14.2 Å². The lowest BCUT2D eigenvalue weighted by molar-refractivity contribution is -0.152. The highest BCUT2D eigenvalue weighted by Crippen LogP contribution is 2.32. The summed E-state index contributed by atoms with van der Waals surface area (Å²) in [6, 6.07) is 3.46. The van der Waals surface area contributed by atoms with Crippen LogP contribution in [0.4, 0.5) is 0 Å². The molecular formula is C20H20N4O7. The Morgan fingerprint density at radius 3 is 2.29 bits per heavy atom.